The Morgan fingerprint density at radius 2 is 1.53 bits per heavy atom. The minimum absolute atomic E-state index is 0.0106. The van der Waals surface area contributed by atoms with E-state index in [9.17, 15) is 4.79 Å². The molecule has 0 saturated heterocycles. The molecule has 0 aromatic carbocycles. The van der Waals surface area contributed by atoms with E-state index in [1.165, 1.54) is 0 Å². The van der Waals surface area contributed by atoms with Gasteiger partial charge in [-0.25, -0.2) is 0 Å². The summed E-state index contributed by atoms with van der Waals surface area (Å²) in [5.41, 5.74) is -0.178. The molecule has 0 heterocycles. The van der Waals surface area contributed by atoms with Crippen LogP contribution in [0.1, 0.15) is 73.6 Å². The maximum absolute atomic E-state index is 11.9. The van der Waals surface area contributed by atoms with Gasteiger partial charge in [-0.05, 0) is 32.6 Å². The number of hydrogen-bond acceptors (Lipinski definition) is 2. The van der Waals surface area contributed by atoms with Gasteiger partial charge in [-0.15, -0.1) is 0 Å². The van der Waals surface area contributed by atoms with Crippen molar-refractivity contribution >= 4 is 5.78 Å². The first kappa shape index (κ1) is 16.6. The summed E-state index contributed by atoms with van der Waals surface area (Å²) in [6, 6.07) is 0. The van der Waals surface area contributed by atoms with Crippen LogP contribution in [0.15, 0.2) is 0 Å². The van der Waals surface area contributed by atoms with Gasteiger partial charge in [-0.1, -0.05) is 34.6 Å². The van der Waals surface area contributed by atoms with Crippen LogP contribution in [-0.4, -0.2) is 18.0 Å². The summed E-state index contributed by atoms with van der Waals surface area (Å²) >= 11 is 0. The van der Waals surface area contributed by atoms with Crippen molar-refractivity contribution in [3.63, 3.8) is 0 Å². The standard InChI is InChI=1S/C15H30O2/c1-7-14(4,5)13(16)11-10-12-17-15(6,8-2)9-3/h7-12H2,1-6H3. The van der Waals surface area contributed by atoms with Gasteiger partial charge in [0.25, 0.3) is 0 Å². The molecule has 0 aliphatic rings. The third-order valence-electron chi connectivity index (χ3n) is 4.13. The number of rotatable bonds is 9. The van der Waals surface area contributed by atoms with Crippen molar-refractivity contribution < 1.29 is 9.53 Å². The lowest BCUT2D eigenvalue weighted by Crippen LogP contribution is -2.28. The third kappa shape index (κ3) is 5.67. The van der Waals surface area contributed by atoms with Crippen molar-refractivity contribution in [3.05, 3.63) is 0 Å². The first-order valence-electron chi connectivity index (χ1n) is 6.98. The number of ketones is 1. The molecule has 0 aliphatic heterocycles. The molecule has 102 valence electrons. The van der Waals surface area contributed by atoms with Gasteiger partial charge >= 0.3 is 0 Å². The van der Waals surface area contributed by atoms with Gasteiger partial charge in [-0.2, -0.15) is 0 Å². The van der Waals surface area contributed by atoms with Gasteiger partial charge in [0, 0.05) is 18.4 Å². The van der Waals surface area contributed by atoms with Crippen LogP contribution in [0.3, 0.4) is 0 Å². The highest BCUT2D eigenvalue weighted by Gasteiger charge is 2.25. The Bertz CT molecular complexity index is 227. The number of Topliss-reactive ketones (excluding diaryl/α,β-unsaturated/α-hetero) is 1. The summed E-state index contributed by atoms with van der Waals surface area (Å²) in [6.07, 6.45) is 4.45. The van der Waals surface area contributed by atoms with Gasteiger partial charge in [-0.3, -0.25) is 4.79 Å². The van der Waals surface area contributed by atoms with Crippen molar-refractivity contribution in [1.82, 2.24) is 0 Å². The highest BCUT2D eigenvalue weighted by atomic mass is 16.5. The highest BCUT2D eigenvalue weighted by molar-refractivity contribution is 5.83. The third-order valence-corrected chi connectivity index (χ3v) is 4.13. The molecular weight excluding hydrogens is 212 g/mol. The number of carbonyl (C=O) groups excluding carboxylic acids is 1. The molecule has 2 nitrogen and oxygen atoms in total. The lowest BCUT2D eigenvalue weighted by Gasteiger charge is -2.27. The van der Waals surface area contributed by atoms with Gasteiger partial charge in [0.05, 0.1) is 5.60 Å². The molecule has 0 rings (SSSR count). The average Bonchev–Trinajstić information content (AvgIpc) is 2.33. The first-order chi connectivity index (χ1) is 7.81. The highest BCUT2D eigenvalue weighted by Crippen LogP contribution is 2.24. The van der Waals surface area contributed by atoms with Crippen molar-refractivity contribution in [3.8, 4) is 0 Å². The van der Waals surface area contributed by atoms with Gasteiger partial charge in [0.1, 0.15) is 5.78 Å². The molecule has 0 fully saturated rings. The fourth-order valence-electron chi connectivity index (χ4n) is 1.54. The molecular formula is C15H30O2. The van der Waals surface area contributed by atoms with E-state index in [1.54, 1.807) is 0 Å². The van der Waals surface area contributed by atoms with E-state index < -0.39 is 0 Å². The maximum Gasteiger partial charge on any atom is 0.138 e. The molecule has 17 heavy (non-hydrogen) atoms. The Labute approximate surface area is 107 Å². The molecule has 0 amide bonds. The SMILES string of the molecule is CCC(C)(CC)OCCCC(=O)C(C)(C)CC. The van der Waals surface area contributed by atoms with E-state index >= 15 is 0 Å². The molecule has 0 atom stereocenters. The largest absolute Gasteiger partial charge is 0.375 e. The Morgan fingerprint density at radius 1 is 1.00 bits per heavy atom. The number of carbonyl (C=O) groups is 1. The van der Waals surface area contributed by atoms with Gasteiger partial charge in [0.2, 0.25) is 0 Å². The van der Waals surface area contributed by atoms with Gasteiger partial charge < -0.3 is 4.74 Å². The molecule has 2 heteroatoms. The molecule has 0 radical (unpaired) electrons. The Hall–Kier alpha value is -0.370. The van der Waals surface area contributed by atoms with Crippen LogP contribution >= 0.6 is 0 Å². The van der Waals surface area contributed by atoms with E-state index in [0.29, 0.717) is 18.8 Å². The zero-order valence-corrected chi connectivity index (χ0v) is 12.6. The minimum atomic E-state index is -0.168. The second-order valence-electron chi connectivity index (χ2n) is 5.77. The number of ether oxygens (including phenoxy) is 1. The van der Waals surface area contributed by atoms with E-state index in [0.717, 1.165) is 25.7 Å². The Kier molecular flexibility index (Phi) is 6.99. The molecule has 0 N–H and O–H groups in total. The normalized spacial score (nSPS) is 12.8. The predicted octanol–water partition coefficient (Wildman–Crippen LogP) is 4.37. The quantitative estimate of drug-likeness (QED) is 0.561. The van der Waals surface area contributed by atoms with Crippen molar-refractivity contribution in [2.75, 3.05) is 6.61 Å². The molecule has 0 aliphatic carbocycles. The smallest absolute Gasteiger partial charge is 0.138 e. The van der Waals surface area contributed by atoms with Crippen LogP contribution in [0.5, 0.6) is 0 Å². The van der Waals surface area contributed by atoms with Crippen LogP contribution in [0.25, 0.3) is 0 Å². The average molecular weight is 242 g/mol. The Balaban J connectivity index is 3.90. The van der Waals surface area contributed by atoms with Crippen LogP contribution in [0.4, 0.5) is 0 Å². The lowest BCUT2D eigenvalue weighted by atomic mass is 9.83. The van der Waals surface area contributed by atoms with E-state index in [4.69, 9.17) is 4.74 Å². The minimum Gasteiger partial charge on any atom is -0.375 e. The summed E-state index contributed by atoms with van der Waals surface area (Å²) < 4.78 is 5.87. The maximum atomic E-state index is 11.9. The molecule has 0 aromatic rings. The summed E-state index contributed by atoms with van der Waals surface area (Å²) in [5, 5.41) is 0. The fraction of sp³-hybridized carbons (Fsp3) is 0.933. The molecule has 0 spiro atoms. The summed E-state index contributed by atoms with van der Waals surface area (Å²) in [5.74, 6) is 0.360. The zero-order chi connectivity index (χ0) is 13.5. The number of hydrogen-bond donors (Lipinski definition) is 0. The zero-order valence-electron chi connectivity index (χ0n) is 12.6. The second-order valence-corrected chi connectivity index (χ2v) is 5.77. The second kappa shape index (κ2) is 7.15. The Morgan fingerprint density at radius 3 is 1.94 bits per heavy atom. The first-order valence-corrected chi connectivity index (χ1v) is 6.98. The van der Waals surface area contributed by atoms with Crippen molar-refractivity contribution in [1.29, 1.82) is 0 Å². The summed E-state index contributed by atoms with van der Waals surface area (Å²) in [6.45, 7) is 13.3. The van der Waals surface area contributed by atoms with Crippen molar-refractivity contribution in [2.24, 2.45) is 5.41 Å². The van der Waals surface area contributed by atoms with Crippen molar-refractivity contribution in [2.45, 2.75) is 79.2 Å². The van der Waals surface area contributed by atoms with E-state index in [2.05, 4.69) is 27.7 Å². The molecule has 0 aromatic heterocycles. The van der Waals surface area contributed by atoms with Crippen LogP contribution in [0.2, 0.25) is 0 Å². The fourth-order valence-corrected chi connectivity index (χ4v) is 1.54. The van der Waals surface area contributed by atoms with E-state index in [1.807, 2.05) is 13.8 Å². The van der Waals surface area contributed by atoms with Crippen LogP contribution in [-0.2, 0) is 9.53 Å². The van der Waals surface area contributed by atoms with E-state index in [-0.39, 0.29) is 11.0 Å². The lowest BCUT2D eigenvalue weighted by molar-refractivity contribution is -0.128. The molecule has 0 saturated carbocycles. The predicted molar refractivity (Wildman–Crippen MR) is 73.3 cm³/mol. The van der Waals surface area contributed by atoms with Crippen LogP contribution < -0.4 is 0 Å². The molecule has 0 unspecified atom stereocenters. The summed E-state index contributed by atoms with van der Waals surface area (Å²) in [7, 11) is 0. The molecule has 0 bridgehead atoms. The van der Waals surface area contributed by atoms with Gasteiger partial charge in [0.15, 0.2) is 0 Å². The van der Waals surface area contributed by atoms with Crippen LogP contribution in [0, 0.1) is 5.41 Å². The topological polar surface area (TPSA) is 26.3 Å². The summed E-state index contributed by atoms with van der Waals surface area (Å²) in [4.78, 5) is 11.9. The monoisotopic (exact) mass is 242 g/mol.